The minimum Gasteiger partial charge on any atom is -0.481 e. The van der Waals surface area contributed by atoms with E-state index in [-0.39, 0.29) is 29.3 Å². The summed E-state index contributed by atoms with van der Waals surface area (Å²) in [6.45, 7) is 6.64. The molecule has 4 heteroatoms. The van der Waals surface area contributed by atoms with Crippen LogP contribution >= 0.6 is 0 Å². The van der Waals surface area contributed by atoms with Gasteiger partial charge in [0.05, 0.1) is 0 Å². The monoisotopic (exact) mass is 201 g/mol. The average Bonchev–Trinajstić information content (AvgIpc) is 1.91. The molecule has 0 aliphatic rings. The first kappa shape index (κ1) is 17.0. The molecule has 0 unspecified atom stereocenters. The van der Waals surface area contributed by atoms with Gasteiger partial charge in [0.25, 0.3) is 0 Å². The number of carbonyl (C=O) groups excluding carboxylic acids is 1. The fourth-order valence-electron chi connectivity index (χ4n) is 0.294. The molecule has 0 aliphatic carbocycles. The van der Waals surface area contributed by atoms with E-state index in [1.54, 1.807) is 13.8 Å². The van der Waals surface area contributed by atoms with Gasteiger partial charge in [0.2, 0.25) is 0 Å². The Bertz CT molecular complexity index is 112. The number of rotatable bonds is 3. The van der Waals surface area contributed by atoms with Gasteiger partial charge in [-0.3, -0.25) is 9.59 Å². The predicted octanol–water partition coefficient (Wildman–Crippen LogP) is 1.28. The van der Waals surface area contributed by atoms with Crippen LogP contribution in [-0.2, 0) is 26.7 Å². The summed E-state index contributed by atoms with van der Waals surface area (Å²) in [5.74, 6) is -1.27. The van der Waals surface area contributed by atoms with Gasteiger partial charge in [0.15, 0.2) is 0 Å². The second-order valence-electron chi connectivity index (χ2n) is 1.46. The topological polar surface area (TPSA) is 54.4 Å². The van der Waals surface area contributed by atoms with Gasteiger partial charge in [0.1, 0.15) is 12.2 Å². The Hall–Kier alpha value is -0.341. The molecule has 11 heavy (non-hydrogen) atoms. The van der Waals surface area contributed by atoms with Crippen molar-refractivity contribution < 1.29 is 31.8 Å². The maximum absolute atomic E-state index is 10.2. The number of Topliss-reactive ketones (excluding diaryl/α,β-unsaturated/α-hetero) is 1. The Labute approximate surface area is 77.6 Å². The summed E-state index contributed by atoms with van der Waals surface area (Å²) < 4.78 is 0. The van der Waals surface area contributed by atoms with Crippen LogP contribution in [0.3, 0.4) is 0 Å². The van der Waals surface area contributed by atoms with Gasteiger partial charge in [-0.1, -0.05) is 6.92 Å². The van der Waals surface area contributed by atoms with E-state index in [9.17, 15) is 9.59 Å². The minimum atomic E-state index is -1.04. The molecule has 0 aromatic heterocycles. The largest absolute Gasteiger partial charge is 0.481 e. The normalized spacial score (nSPS) is 6.82. The van der Waals surface area contributed by atoms with Crippen molar-refractivity contribution in [1.82, 2.24) is 0 Å². The van der Waals surface area contributed by atoms with E-state index in [0.717, 1.165) is 0 Å². The van der Waals surface area contributed by atoms with E-state index >= 15 is 0 Å². The van der Waals surface area contributed by atoms with Crippen molar-refractivity contribution >= 4 is 11.8 Å². The van der Waals surface area contributed by atoms with Crippen LogP contribution in [0.4, 0.5) is 0 Å². The third kappa shape index (κ3) is 17.7. The van der Waals surface area contributed by atoms with Crippen molar-refractivity contribution in [3.63, 3.8) is 0 Å². The number of aliphatic carboxylic acids is 1. The Kier molecular flexibility index (Phi) is 19.0. The summed E-state index contributed by atoms with van der Waals surface area (Å²) in [5, 5.41) is 7.99. The number of carbonyl (C=O) groups is 2. The number of ketones is 1. The van der Waals surface area contributed by atoms with Crippen LogP contribution in [-0.4, -0.2) is 16.9 Å². The molecule has 0 amide bonds. The zero-order valence-corrected chi connectivity index (χ0v) is 7.84. The van der Waals surface area contributed by atoms with Gasteiger partial charge in [0, 0.05) is 23.5 Å². The number of hydrogen-bond acceptors (Lipinski definition) is 2. The molecule has 0 fully saturated rings. The van der Waals surface area contributed by atoms with E-state index in [4.69, 9.17) is 5.11 Å². The molecule has 68 valence electrons. The molecule has 0 saturated heterocycles. The summed E-state index contributed by atoms with van der Waals surface area (Å²) >= 11 is 0. The van der Waals surface area contributed by atoms with Crippen LogP contribution in [0.1, 0.15) is 26.7 Å². The van der Waals surface area contributed by atoms with Crippen LogP contribution in [0.5, 0.6) is 0 Å². The fourth-order valence-corrected chi connectivity index (χ4v) is 0.294. The molecule has 0 aromatic carbocycles. The van der Waals surface area contributed by atoms with Gasteiger partial charge < -0.3 is 12.0 Å². The summed E-state index contributed by atoms with van der Waals surface area (Å²) in [4.78, 5) is 20.0. The van der Waals surface area contributed by atoms with Crippen molar-refractivity contribution in [2.45, 2.75) is 26.7 Å². The van der Waals surface area contributed by atoms with Crippen molar-refractivity contribution in [1.29, 1.82) is 0 Å². The minimum absolute atomic E-state index is 0. The second kappa shape index (κ2) is 12.3. The number of carboxylic acid groups (broad SMARTS) is 1. The Morgan fingerprint density at radius 1 is 1.36 bits per heavy atom. The molecule has 0 spiro atoms. The van der Waals surface area contributed by atoms with E-state index in [1.807, 2.05) is 0 Å². The first-order valence-corrected chi connectivity index (χ1v) is 3.11. The van der Waals surface area contributed by atoms with Crippen LogP contribution in [0, 0.1) is 6.92 Å². The van der Waals surface area contributed by atoms with Crippen molar-refractivity contribution in [3.8, 4) is 0 Å². The van der Waals surface area contributed by atoms with Gasteiger partial charge in [-0.25, -0.2) is 0 Å². The number of carboxylic acids is 1. The Morgan fingerprint density at radius 3 is 1.82 bits per heavy atom. The molecule has 0 rings (SSSR count). The van der Waals surface area contributed by atoms with Crippen molar-refractivity contribution in [2.75, 3.05) is 0 Å². The summed E-state index contributed by atoms with van der Waals surface area (Å²) in [5.41, 5.74) is 0. The molecular weight excluding hydrogens is 188 g/mol. The molecule has 3 nitrogen and oxygen atoms in total. The van der Waals surface area contributed by atoms with E-state index < -0.39 is 5.97 Å². The summed E-state index contributed by atoms with van der Waals surface area (Å²) in [6.07, 6.45) is -0.0250. The van der Waals surface area contributed by atoms with Gasteiger partial charge in [-0.2, -0.15) is 6.92 Å². The fraction of sp³-hybridized carbons (Fsp3) is 0.571. The zero-order chi connectivity index (χ0) is 8.57. The Morgan fingerprint density at radius 2 is 1.73 bits per heavy atom. The third-order valence-corrected chi connectivity index (χ3v) is 0.743. The number of hydrogen-bond donors (Lipinski definition) is 1. The smallest absolute Gasteiger partial charge is 0.310 e. The van der Waals surface area contributed by atoms with Crippen LogP contribution in [0.2, 0.25) is 0 Å². The zero-order valence-electron chi connectivity index (χ0n) is 6.74. The predicted molar refractivity (Wildman–Crippen MR) is 38.6 cm³/mol. The molecule has 0 radical (unpaired) electrons. The van der Waals surface area contributed by atoms with Crippen molar-refractivity contribution in [3.05, 3.63) is 6.92 Å². The first-order valence-electron chi connectivity index (χ1n) is 3.11. The maximum Gasteiger partial charge on any atom is 0.310 e. The van der Waals surface area contributed by atoms with E-state index in [0.29, 0.717) is 6.42 Å². The van der Waals surface area contributed by atoms with Gasteiger partial charge in [-0.15, -0.1) is 0 Å². The molecule has 0 heterocycles. The van der Waals surface area contributed by atoms with Crippen LogP contribution < -0.4 is 0 Å². The summed E-state index contributed by atoms with van der Waals surface area (Å²) in [7, 11) is 0. The SMILES string of the molecule is CCC(=O)CC(=O)O.[CH2-]C.[Fe]. The average molecular weight is 201 g/mol. The second-order valence-corrected chi connectivity index (χ2v) is 1.46. The molecule has 0 saturated carbocycles. The standard InChI is InChI=1S/C5H8O3.C2H5.Fe/c1-2-4(6)3-5(7)8;1-2;/h2-3H2,1H3,(H,7,8);1H2,2H3;/q;-1;. The van der Waals surface area contributed by atoms with Crippen LogP contribution in [0.15, 0.2) is 0 Å². The van der Waals surface area contributed by atoms with Gasteiger partial charge >= 0.3 is 5.97 Å². The van der Waals surface area contributed by atoms with E-state index in [1.165, 1.54) is 0 Å². The molecule has 0 atom stereocenters. The molecule has 0 aliphatic heterocycles. The third-order valence-electron chi connectivity index (χ3n) is 0.743. The van der Waals surface area contributed by atoms with Crippen LogP contribution in [0.25, 0.3) is 0 Å². The molecule has 1 N–H and O–H groups in total. The van der Waals surface area contributed by atoms with Crippen molar-refractivity contribution in [2.24, 2.45) is 0 Å². The quantitative estimate of drug-likeness (QED) is 0.425. The van der Waals surface area contributed by atoms with Gasteiger partial charge in [-0.05, 0) is 0 Å². The van der Waals surface area contributed by atoms with E-state index in [2.05, 4.69) is 6.92 Å². The molecule has 0 bridgehead atoms. The first-order chi connectivity index (χ1) is 4.66. The molecular formula is C7H13FeO3-. The molecule has 0 aromatic rings. The summed E-state index contributed by atoms with van der Waals surface area (Å²) in [6, 6.07) is 0. The maximum atomic E-state index is 10.2. The Balaban J connectivity index is -0.000000196.